The van der Waals surface area contributed by atoms with Crippen LogP contribution in [-0.2, 0) is 6.42 Å². The van der Waals surface area contributed by atoms with Gasteiger partial charge in [-0.2, -0.15) is 0 Å². The van der Waals surface area contributed by atoms with E-state index in [0.717, 1.165) is 22.7 Å². The van der Waals surface area contributed by atoms with Crippen LogP contribution >= 0.6 is 11.3 Å². The highest BCUT2D eigenvalue weighted by molar-refractivity contribution is 7.15. The number of nitrogens with zero attached hydrogens (tertiary/aromatic N) is 2. The van der Waals surface area contributed by atoms with Gasteiger partial charge in [-0.3, -0.25) is 5.32 Å². The van der Waals surface area contributed by atoms with E-state index >= 15 is 0 Å². The maximum Gasteiger partial charge on any atom is 0.321 e. The highest BCUT2D eigenvalue weighted by Gasteiger charge is 2.29. The van der Waals surface area contributed by atoms with Crippen LogP contribution in [0.15, 0.2) is 24.3 Å². The van der Waals surface area contributed by atoms with Gasteiger partial charge < -0.3 is 10.1 Å². The minimum absolute atomic E-state index is 0.0396. The number of fused-ring (bicyclic) bond motifs is 1. The second-order valence-electron chi connectivity index (χ2n) is 5.20. The summed E-state index contributed by atoms with van der Waals surface area (Å²) in [6.07, 6.45) is 0.813. The van der Waals surface area contributed by atoms with E-state index in [1.807, 2.05) is 38.1 Å². The number of aryl methyl sites for hydroxylation is 1. The Hall–Kier alpha value is -2.15. The van der Waals surface area contributed by atoms with Crippen LogP contribution in [0.3, 0.4) is 0 Å². The minimum Gasteiger partial charge on any atom is -0.493 e. The second kappa shape index (κ2) is 6.31. The molecular formula is C15H18N4O2S. The molecule has 2 aromatic rings. The molecule has 2 heterocycles. The smallest absolute Gasteiger partial charge is 0.321 e. The first kappa shape index (κ1) is 14.8. The number of carbonyl (C=O) groups excluding carboxylic acids is 1. The SMILES string of the molecule is CCc1nnc(NC(=O)NC(C)C2COc3ccccc32)s1. The van der Waals surface area contributed by atoms with E-state index in [9.17, 15) is 4.79 Å². The number of amides is 2. The number of para-hydroxylation sites is 1. The Bertz CT molecular complexity index is 673. The number of carbonyl (C=O) groups is 1. The normalized spacial score (nSPS) is 17.5. The van der Waals surface area contributed by atoms with E-state index in [1.54, 1.807) is 0 Å². The first-order chi connectivity index (χ1) is 10.7. The number of ether oxygens (including phenoxy) is 1. The van der Waals surface area contributed by atoms with Crippen molar-refractivity contribution in [1.29, 1.82) is 0 Å². The van der Waals surface area contributed by atoms with Gasteiger partial charge in [0.25, 0.3) is 0 Å². The van der Waals surface area contributed by atoms with Crippen molar-refractivity contribution in [2.45, 2.75) is 32.2 Å². The van der Waals surface area contributed by atoms with Crippen LogP contribution in [0.1, 0.15) is 30.3 Å². The lowest BCUT2D eigenvalue weighted by atomic mass is 9.94. The Labute approximate surface area is 132 Å². The molecule has 0 bridgehead atoms. The molecule has 3 rings (SSSR count). The monoisotopic (exact) mass is 318 g/mol. The van der Waals surface area contributed by atoms with Gasteiger partial charge in [0.05, 0.1) is 6.61 Å². The van der Waals surface area contributed by atoms with Gasteiger partial charge in [0.2, 0.25) is 5.13 Å². The molecule has 0 aliphatic carbocycles. The van der Waals surface area contributed by atoms with Crippen LogP contribution < -0.4 is 15.4 Å². The molecule has 0 radical (unpaired) electrons. The summed E-state index contributed by atoms with van der Waals surface area (Å²) in [6.45, 7) is 4.57. The second-order valence-corrected chi connectivity index (χ2v) is 6.26. The molecule has 0 fully saturated rings. The van der Waals surface area contributed by atoms with Crippen molar-refractivity contribution in [2.24, 2.45) is 0 Å². The molecule has 1 aromatic carbocycles. The lowest BCUT2D eigenvalue weighted by Crippen LogP contribution is -2.40. The summed E-state index contributed by atoms with van der Waals surface area (Å²) < 4.78 is 5.66. The van der Waals surface area contributed by atoms with E-state index < -0.39 is 0 Å². The standard InChI is InChI=1S/C15H18N4O2S/c1-3-13-18-19-15(22-13)17-14(20)16-9(2)11-8-21-12-7-5-4-6-10(11)12/h4-7,9,11H,3,8H2,1-2H3,(H2,16,17,19,20). The van der Waals surface area contributed by atoms with Crippen LogP contribution in [-0.4, -0.2) is 28.9 Å². The summed E-state index contributed by atoms with van der Waals surface area (Å²) in [5.74, 6) is 1.06. The maximum atomic E-state index is 12.1. The number of urea groups is 1. The van der Waals surface area contributed by atoms with Gasteiger partial charge in [-0.25, -0.2) is 4.79 Å². The van der Waals surface area contributed by atoms with Gasteiger partial charge in [0.15, 0.2) is 0 Å². The van der Waals surface area contributed by atoms with Crippen LogP contribution in [0.25, 0.3) is 0 Å². The zero-order valence-corrected chi connectivity index (χ0v) is 13.3. The Morgan fingerprint density at radius 1 is 1.45 bits per heavy atom. The van der Waals surface area contributed by atoms with Crippen LogP contribution in [0.5, 0.6) is 5.75 Å². The Kier molecular flexibility index (Phi) is 4.24. The molecule has 0 saturated carbocycles. The predicted molar refractivity (Wildman–Crippen MR) is 85.6 cm³/mol. The molecular weight excluding hydrogens is 300 g/mol. The first-order valence-corrected chi connectivity index (χ1v) is 8.10. The number of aromatic nitrogens is 2. The Balaban J connectivity index is 1.60. The van der Waals surface area contributed by atoms with Gasteiger partial charge in [-0.15, -0.1) is 10.2 Å². The van der Waals surface area contributed by atoms with Gasteiger partial charge in [0, 0.05) is 17.5 Å². The number of rotatable bonds is 4. The van der Waals surface area contributed by atoms with E-state index in [1.165, 1.54) is 11.3 Å². The van der Waals surface area contributed by atoms with Gasteiger partial charge in [-0.05, 0) is 19.4 Å². The lowest BCUT2D eigenvalue weighted by Gasteiger charge is -2.19. The zero-order valence-electron chi connectivity index (χ0n) is 12.5. The van der Waals surface area contributed by atoms with E-state index in [0.29, 0.717) is 11.7 Å². The zero-order chi connectivity index (χ0) is 15.5. The highest BCUT2D eigenvalue weighted by atomic mass is 32.1. The minimum atomic E-state index is -0.268. The van der Waals surface area contributed by atoms with Gasteiger partial charge in [0.1, 0.15) is 10.8 Å². The summed E-state index contributed by atoms with van der Waals surface area (Å²) in [4.78, 5) is 12.1. The molecule has 2 N–H and O–H groups in total. The Morgan fingerprint density at radius 3 is 3.05 bits per heavy atom. The quantitative estimate of drug-likeness (QED) is 0.909. The van der Waals surface area contributed by atoms with Crippen LogP contribution in [0.2, 0.25) is 0 Å². The number of nitrogens with one attached hydrogen (secondary N) is 2. The molecule has 0 saturated heterocycles. The topological polar surface area (TPSA) is 76.1 Å². The third-order valence-corrected chi connectivity index (χ3v) is 4.67. The molecule has 1 aliphatic heterocycles. The molecule has 7 heteroatoms. The molecule has 22 heavy (non-hydrogen) atoms. The first-order valence-electron chi connectivity index (χ1n) is 7.29. The molecule has 6 nitrogen and oxygen atoms in total. The summed E-state index contributed by atoms with van der Waals surface area (Å²) in [5.41, 5.74) is 1.14. The fourth-order valence-electron chi connectivity index (χ4n) is 2.49. The van der Waals surface area contributed by atoms with E-state index in [-0.39, 0.29) is 18.0 Å². The van der Waals surface area contributed by atoms with Gasteiger partial charge >= 0.3 is 6.03 Å². The fraction of sp³-hybridized carbons (Fsp3) is 0.400. The molecule has 1 aromatic heterocycles. The Morgan fingerprint density at radius 2 is 2.27 bits per heavy atom. The van der Waals surface area contributed by atoms with Crippen molar-refractivity contribution >= 4 is 22.5 Å². The van der Waals surface area contributed by atoms with E-state index in [4.69, 9.17) is 4.74 Å². The van der Waals surface area contributed by atoms with Crippen molar-refractivity contribution in [3.63, 3.8) is 0 Å². The summed E-state index contributed by atoms with van der Waals surface area (Å²) in [5, 5.41) is 15.0. The summed E-state index contributed by atoms with van der Waals surface area (Å²) in [7, 11) is 0. The van der Waals surface area contributed by atoms with Crippen molar-refractivity contribution in [3.05, 3.63) is 34.8 Å². The molecule has 2 amide bonds. The fourth-order valence-corrected chi connectivity index (χ4v) is 3.16. The predicted octanol–water partition coefficient (Wildman–Crippen LogP) is 2.79. The number of anilines is 1. The van der Waals surface area contributed by atoms with Crippen molar-refractivity contribution in [1.82, 2.24) is 15.5 Å². The maximum absolute atomic E-state index is 12.1. The molecule has 0 spiro atoms. The van der Waals surface area contributed by atoms with E-state index in [2.05, 4.69) is 20.8 Å². The average molecular weight is 318 g/mol. The third kappa shape index (κ3) is 3.04. The van der Waals surface area contributed by atoms with Crippen LogP contribution in [0, 0.1) is 0 Å². The number of hydrogen-bond donors (Lipinski definition) is 2. The van der Waals surface area contributed by atoms with Crippen LogP contribution in [0.4, 0.5) is 9.93 Å². The largest absolute Gasteiger partial charge is 0.493 e. The molecule has 1 aliphatic rings. The highest BCUT2D eigenvalue weighted by Crippen LogP contribution is 2.35. The summed E-state index contributed by atoms with van der Waals surface area (Å²) in [6, 6.07) is 7.63. The van der Waals surface area contributed by atoms with Crippen molar-refractivity contribution < 1.29 is 9.53 Å². The lowest BCUT2D eigenvalue weighted by molar-refractivity contribution is 0.244. The summed E-state index contributed by atoms with van der Waals surface area (Å²) >= 11 is 1.39. The number of hydrogen-bond acceptors (Lipinski definition) is 5. The van der Waals surface area contributed by atoms with Gasteiger partial charge in [-0.1, -0.05) is 36.5 Å². The van der Waals surface area contributed by atoms with Crippen molar-refractivity contribution in [3.8, 4) is 5.75 Å². The van der Waals surface area contributed by atoms with Crippen molar-refractivity contribution in [2.75, 3.05) is 11.9 Å². The average Bonchev–Trinajstić information content (AvgIpc) is 3.13. The molecule has 116 valence electrons. The number of benzene rings is 1. The third-order valence-electron chi connectivity index (χ3n) is 3.69. The molecule has 2 atom stereocenters. The molecule has 2 unspecified atom stereocenters.